The van der Waals surface area contributed by atoms with Crippen LogP contribution < -0.4 is 39.4 Å². The zero-order valence-electron chi connectivity index (χ0n) is 23.3. The van der Waals surface area contributed by atoms with Gasteiger partial charge in [-0.1, -0.05) is 49.0 Å². The Balaban J connectivity index is 0.00000370. The summed E-state index contributed by atoms with van der Waals surface area (Å²) in [5.74, 6) is -1.45. The quantitative estimate of drug-likeness (QED) is 0.154. The number of benzene rings is 2. The fourth-order valence-corrected chi connectivity index (χ4v) is 6.36. The normalized spacial score (nSPS) is 20.9. The molecule has 1 amide bonds. The third kappa shape index (κ3) is 5.65. The maximum atomic E-state index is 12.6. The predicted octanol–water partition coefficient (Wildman–Crippen LogP) is -2.08. The van der Waals surface area contributed by atoms with Crippen LogP contribution in [-0.2, 0) is 21.9 Å². The van der Waals surface area contributed by atoms with E-state index in [-0.39, 0.29) is 47.8 Å². The number of carboxylic acids is 1. The topological polar surface area (TPSA) is 137 Å². The monoisotopic (exact) mass is 574 g/mol. The molecule has 2 aliphatic rings. The van der Waals surface area contributed by atoms with Gasteiger partial charge in [-0.3, -0.25) is 4.79 Å². The Morgan fingerprint density at radius 1 is 1.23 bits per heavy atom. The number of amides is 1. The van der Waals surface area contributed by atoms with Crippen molar-refractivity contribution in [2.45, 2.75) is 43.4 Å². The number of carbonyl (C=O) groups is 2. The van der Waals surface area contributed by atoms with E-state index in [1.165, 1.54) is 4.90 Å². The molecule has 3 heterocycles. The molecule has 1 saturated heterocycles. The number of fused-ring (bicyclic) bond motifs is 2. The molecule has 2 aromatic carbocycles. The van der Waals surface area contributed by atoms with Crippen molar-refractivity contribution in [3.05, 3.63) is 53.2 Å². The number of aliphatic hydroxyl groups excluding tert-OH is 1. The van der Waals surface area contributed by atoms with Gasteiger partial charge < -0.3 is 29.5 Å². The Morgan fingerprint density at radius 2 is 1.95 bits per heavy atom. The molecule has 1 N–H and O–H groups in total. The molecule has 4 atom stereocenters. The van der Waals surface area contributed by atoms with Gasteiger partial charge in [0.2, 0.25) is 11.1 Å². The average molecular weight is 575 g/mol. The summed E-state index contributed by atoms with van der Waals surface area (Å²) in [6.07, 6.45) is -0.864. The molecule has 3 aromatic rings. The van der Waals surface area contributed by atoms with E-state index >= 15 is 0 Å². The molecule has 13 heteroatoms. The van der Waals surface area contributed by atoms with Crippen molar-refractivity contribution in [3.63, 3.8) is 0 Å². The minimum atomic E-state index is -1.41. The van der Waals surface area contributed by atoms with Crippen molar-refractivity contribution in [1.29, 1.82) is 0 Å². The molecular weight excluding hydrogens is 543 g/mol. The second-order valence-electron chi connectivity index (χ2n) is 10.2. The number of likely N-dealkylation sites (N-methyl/N-ethyl adjacent to an activating group) is 1. The van der Waals surface area contributed by atoms with Crippen LogP contribution in [0.5, 0.6) is 5.75 Å². The van der Waals surface area contributed by atoms with Gasteiger partial charge in [-0.15, -0.1) is 5.10 Å². The van der Waals surface area contributed by atoms with E-state index in [9.17, 15) is 19.8 Å². The van der Waals surface area contributed by atoms with Gasteiger partial charge >= 0.3 is 29.6 Å². The van der Waals surface area contributed by atoms with Gasteiger partial charge in [0.25, 0.3) is 0 Å². The first-order chi connectivity index (χ1) is 18.7. The first-order valence-electron chi connectivity index (χ1n) is 12.8. The number of aromatic nitrogens is 4. The van der Waals surface area contributed by atoms with E-state index in [0.717, 1.165) is 28.0 Å². The molecule has 0 unspecified atom stereocenters. The number of aliphatic hydroxyl groups is 1. The van der Waals surface area contributed by atoms with Crippen molar-refractivity contribution >= 4 is 34.4 Å². The van der Waals surface area contributed by atoms with Gasteiger partial charge in [0.05, 0.1) is 36.3 Å². The fraction of sp³-hybridized carbons (Fsp3) is 0.444. The molecule has 0 saturated carbocycles. The van der Waals surface area contributed by atoms with Crippen molar-refractivity contribution in [2.24, 2.45) is 11.8 Å². The number of ether oxygens (including phenoxy) is 1. The van der Waals surface area contributed by atoms with Crippen molar-refractivity contribution in [3.8, 4) is 5.75 Å². The summed E-state index contributed by atoms with van der Waals surface area (Å²) in [7, 11) is 4.01. The number of carbonyl (C=O) groups excluding carboxylic acids is 2. The fourth-order valence-electron chi connectivity index (χ4n) is 5.45. The maximum absolute atomic E-state index is 12.6. The number of aliphatic carboxylic acids is 1. The maximum Gasteiger partial charge on any atom is 1.00 e. The molecule has 0 aliphatic carbocycles. The Hall–Kier alpha value is -2.48. The van der Waals surface area contributed by atoms with Crippen LogP contribution in [0.1, 0.15) is 19.4 Å². The molecule has 2 aliphatic heterocycles. The van der Waals surface area contributed by atoms with Crippen LogP contribution in [0.3, 0.4) is 0 Å². The Kier molecular flexibility index (Phi) is 9.59. The smallest absolute Gasteiger partial charge is 0.543 e. The zero-order valence-corrected chi connectivity index (χ0v) is 26.1. The Morgan fingerprint density at radius 3 is 2.65 bits per heavy atom. The van der Waals surface area contributed by atoms with Gasteiger partial charge in [-0.25, -0.2) is 4.68 Å². The number of tetrazole rings is 1. The summed E-state index contributed by atoms with van der Waals surface area (Å²) in [6, 6.07) is 11.3. The summed E-state index contributed by atoms with van der Waals surface area (Å²) < 4.78 is 7.99. The van der Waals surface area contributed by atoms with Crippen LogP contribution in [-0.4, -0.2) is 86.4 Å². The van der Waals surface area contributed by atoms with Gasteiger partial charge in [-0.05, 0) is 54.0 Å². The molecule has 0 bridgehead atoms. The number of hydrogen-bond acceptors (Lipinski definition) is 10. The summed E-state index contributed by atoms with van der Waals surface area (Å²) in [4.78, 5) is 27.9. The summed E-state index contributed by atoms with van der Waals surface area (Å²) in [5.41, 5.74) is 1.44. The molecular formula is C27H31N6NaO5S. The number of hydrogen-bond donors (Lipinski definition) is 1. The van der Waals surface area contributed by atoms with E-state index in [0.29, 0.717) is 23.6 Å². The van der Waals surface area contributed by atoms with Gasteiger partial charge in [0.1, 0.15) is 12.4 Å². The molecule has 1 aromatic heterocycles. The second kappa shape index (κ2) is 12.6. The molecule has 0 spiro atoms. The number of carboxylic acid groups (broad SMARTS) is 1. The summed E-state index contributed by atoms with van der Waals surface area (Å²) >= 11 is 1.56. The van der Waals surface area contributed by atoms with Crippen LogP contribution in [0.25, 0.3) is 10.8 Å². The van der Waals surface area contributed by atoms with Crippen LogP contribution in [0, 0.1) is 11.8 Å². The minimum Gasteiger partial charge on any atom is -0.543 e. The van der Waals surface area contributed by atoms with E-state index in [4.69, 9.17) is 4.74 Å². The van der Waals surface area contributed by atoms with Crippen molar-refractivity contribution in [1.82, 2.24) is 30.0 Å². The number of thioether (sulfide) groups is 1. The Bertz CT molecular complexity index is 1440. The first-order valence-corrected chi connectivity index (χ1v) is 13.8. The van der Waals surface area contributed by atoms with E-state index in [2.05, 4.69) is 26.5 Å². The van der Waals surface area contributed by atoms with E-state index in [1.807, 2.05) is 51.4 Å². The molecule has 1 fully saturated rings. The first kappa shape index (κ1) is 30.5. The SMILES string of the molecule is C[C@@H](O)[C@H]1C(=O)N2C(C(=O)[O-])=C(COc3cccc4c(CSc5nnnn5CCN(C)C)cccc34)[C@H](C)[C@H]12.[Na+]. The average Bonchev–Trinajstić information content (AvgIpc) is 3.44. The zero-order chi connectivity index (χ0) is 27.8. The largest absolute Gasteiger partial charge is 1.00 e. The van der Waals surface area contributed by atoms with E-state index in [1.54, 1.807) is 23.4 Å². The van der Waals surface area contributed by atoms with Gasteiger partial charge in [0, 0.05) is 23.6 Å². The van der Waals surface area contributed by atoms with Gasteiger partial charge in [0.15, 0.2) is 0 Å². The van der Waals surface area contributed by atoms with E-state index < -0.39 is 29.9 Å². The standard InChI is InChI=1S/C27H32N6O5S.Na/c1-15-20(24(26(36)37)33-23(15)22(16(2)34)25(33)35)13-38-21-10-6-8-18-17(7-5-9-19(18)21)14-39-27-28-29-30-32(27)12-11-31(3)4;/h5-10,15-16,22-23,34H,11-14H2,1-4H3,(H,36,37);/q;+1/p-1/t15-,16+,22+,23+;/m0./s1. The van der Waals surface area contributed by atoms with Crippen LogP contribution in [0.2, 0.25) is 0 Å². The third-order valence-electron chi connectivity index (χ3n) is 7.48. The molecule has 206 valence electrons. The summed E-state index contributed by atoms with van der Waals surface area (Å²) in [5, 5.41) is 36.8. The minimum absolute atomic E-state index is 0. The molecule has 5 rings (SSSR count). The van der Waals surface area contributed by atoms with Crippen LogP contribution in [0.15, 0.2) is 52.8 Å². The predicted molar refractivity (Wildman–Crippen MR) is 142 cm³/mol. The molecule has 11 nitrogen and oxygen atoms in total. The molecule has 40 heavy (non-hydrogen) atoms. The second-order valence-corrected chi connectivity index (χ2v) is 11.2. The van der Waals surface area contributed by atoms with Gasteiger partial charge in [-0.2, -0.15) is 0 Å². The number of rotatable bonds is 11. The van der Waals surface area contributed by atoms with Crippen molar-refractivity contribution < 1.29 is 54.1 Å². The molecule has 0 radical (unpaired) electrons. The summed E-state index contributed by atoms with van der Waals surface area (Å²) in [6.45, 7) is 4.93. The van der Waals surface area contributed by atoms with Crippen LogP contribution in [0.4, 0.5) is 0 Å². The Labute approximate surface area is 258 Å². The third-order valence-corrected chi connectivity index (χ3v) is 8.49. The number of β-lactam (4-membered cyclic amide) rings is 1. The van der Waals surface area contributed by atoms with Crippen molar-refractivity contribution in [2.75, 3.05) is 27.2 Å². The van der Waals surface area contributed by atoms with Crippen LogP contribution >= 0.6 is 11.8 Å². The number of nitrogens with zero attached hydrogens (tertiary/aromatic N) is 6.